The summed E-state index contributed by atoms with van der Waals surface area (Å²) in [7, 11) is 0. The molecule has 3 nitrogen and oxygen atoms in total. The Labute approximate surface area is 140 Å². The first-order valence-electron chi connectivity index (χ1n) is 5.92. The number of carbonyl (C=O) groups is 1. The highest BCUT2D eigenvalue weighted by Gasteiger charge is 2.33. The molecule has 1 aromatic carbocycles. The van der Waals surface area contributed by atoms with Crippen LogP contribution in [0.15, 0.2) is 41.4 Å². The van der Waals surface area contributed by atoms with Crippen LogP contribution in [0.4, 0.5) is 5.69 Å². The van der Waals surface area contributed by atoms with Crippen LogP contribution in [0.1, 0.15) is 5.69 Å². The average Bonchev–Trinajstić information content (AvgIpc) is 3.03. The topological polar surface area (TPSA) is 36.1 Å². The molecule has 1 aliphatic heterocycles. The van der Waals surface area contributed by atoms with E-state index in [4.69, 9.17) is 35.4 Å². The first-order valence-corrected chi connectivity index (χ1v) is 7.91. The lowest BCUT2D eigenvalue weighted by Crippen LogP contribution is -2.27. The summed E-state index contributed by atoms with van der Waals surface area (Å²) in [5.41, 5.74) is 1.46. The van der Waals surface area contributed by atoms with Crippen LogP contribution < -0.4 is 4.90 Å². The van der Waals surface area contributed by atoms with Gasteiger partial charge in [0.25, 0.3) is 5.91 Å². The molecule has 0 saturated carbocycles. The lowest BCUT2D eigenvalue weighted by atomic mass is 10.3. The number of rotatable bonds is 2. The second-order valence-electron chi connectivity index (χ2n) is 4.24. The predicted octanol–water partition coefficient (Wildman–Crippen LogP) is 4.73. The molecule has 1 amide bonds. The minimum Gasteiger partial charge on any atom is -0.362 e. The van der Waals surface area contributed by atoms with Gasteiger partial charge in [-0.15, -0.1) is 0 Å². The van der Waals surface area contributed by atoms with E-state index < -0.39 is 0 Å². The highest BCUT2D eigenvalue weighted by molar-refractivity contribution is 8.27. The molecule has 0 unspecified atom stereocenters. The van der Waals surface area contributed by atoms with E-state index in [1.54, 1.807) is 30.5 Å². The van der Waals surface area contributed by atoms with E-state index in [1.165, 1.54) is 16.7 Å². The van der Waals surface area contributed by atoms with Crippen molar-refractivity contribution in [2.45, 2.75) is 0 Å². The Bertz CT molecular complexity index is 756. The summed E-state index contributed by atoms with van der Waals surface area (Å²) in [6.45, 7) is 0. The van der Waals surface area contributed by atoms with Crippen molar-refractivity contribution in [3.05, 3.63) is 57.2 Å². The number of nitrogens with one attached hydrogen (secondary N) is 1. The van der Waals surface area contributed by atoms with Crippen molar-refractivity contribution < 1.29 is 4.79 Å². The van der Waals surface area contributed by atoms with Gasteiger partial charge in [-0.25, -0.2) is 0 Å². The normalized spacial score (nSPS) is 17.0. The Hall–Kier alpha value is -1.27. The second-order valence-corrected chi connectivity index (χ2v) is 6.73. The first kappa shape index (κ1) is 14.7. The van der Waals surface area contributed by atoms with E-state index in [1.807, 2.05) is 12.1 Å². The van der Waals surface area contributed by atoms with Crippen molar-refractivity contribution >= 4 is 69.2 Å². The van der Waals surface area contributed by atoms with Gasteiger partial charge in [-0.2, -0.15) is 0 Å². The molecule has 0 spiro atoms. The van der Waals surface area contributed by atoms with Crippen molar-refractivity contribution in [3.63, 3.8) is 0 Å². The molecule has 3 rings (SSSR count). The third-order valence-corrected chi connectivity index (χ3v) is 4.90. The number of thioether (sulfide) groups is 1. The summed E-state index contributed by atoms with van der Waals surface area (Å²) in [4.78, 5) is 17.5. The standard InChI is InChI=1S/C14H8Cl2N2OS2/c15-10-4-3-9(7-11(10)16)18-13(19)12(21-14(18)20)6-8-2-1-5-17-8/h1-7,17H/b12-6-. The lowest BCUT2D eigenvalue weighted by Gasteiger charge is -2.15. The van der Waals surface area contributed by atoms with Crippen LogP contribution in [0.25, 0.3) is 6.08 Å². The van der Waals surface area contributed by atoms with Crippen molar-refractivity contribution in [2.24, 2.45) is 0 Å². The van der Waals surface area contributed by atoms with Gasteiger partial charge in [-0.1, -0.05) is 47.2 Å². The summed E-state index contributed by atoms with van der Waals surface area (Å²) in [5, 5.41) is 0.823. The van der Waals surface area contributed by atoms with Crippen LogP contribution in [0.2, 0.25) is 10.0 Å². The van der Waals surface area contributed by atoms with Crippen molar-refractivity contribution in [1.29, 1.82) is 0 Å². The number of thiocarbonyl (C=S) groups is 1. The Morgan fingerprint density at radius 2 is 2.05 bits per heavy atom. The maximum Gasteiger partial charge on any atom is 0.270 e. The molecule has 0 atom stereocenters. The van der Waals surface area contributed by atoms with Crippen LogP contribution in [0.5, 0.6) is 0 Å². The fourth-order valence-corrected chi connectivity index (χ4v) is 3.47. The molecule has 1 saturated heterocycles. The molecule has 0 bridgehead atoms. The number of aromatic amines is 1. The van der Waals surface area contributed by atoms with Gasteiger partial charge in [-0.3, -0.25) is 9.69 Å². The van der Waals surface area contributed by atoms with Gasteiger partial charge in [-0.05, 0) is 36.4 Å². The number of hydrogen-bond acceptors (Lipinski definition) is 3. The number of aromatic nitrogens is 1. The Morgan fingerprint density at radius 1 is 1.24 bits per heavy atom. The molecule has 1 fully saturated rings. The van der Waals surface area contributed by atoms with Crippen molar-refractivity contribution in [2.75, 3.05) is 4.90 Å². The fraction of sp³-hybridized carbons (Fsp3) is 0. The van der Waals surface area contributed by atoms with Crippen molar-refractivity contribution in [1.82, 2.24) is 4.98 Å². The van der Waals surface area contributed by atoms with E-state index in [2.05, 4.69) is 4.98 Å². The lowest BCUT2D eigenvalue weighted by molar-refractivity contribution is -0.113. The summed E-state index contributed by atoms with van der Waals surface area (Å²) in [5.74, 6) is -0.169. The molecule has 1 N–H and O–H groups in total. The van der Waals surface area contributed by atoms with Gasteiger partial charge >= 0.3 is 0 Å². The van der Waals surface area contributed by atoms with Gasteiger partial charge in [0.1, 0.15) is 0 Å². The third-order valence-electron chi connectivity index (χ3n) is 2.86. The summed E-state index contributed by atoms with van der Waals surface area (Å²) in [6, 6.07) is 8.74. The zero-order chi connectivity index (χ0) is 15.0. The Kier molecular flexibility index (Phi) is 4.08. The first-order chi connectivity index (χ1) is 10.1. The molecule has 1 aromatic heterocycles. The second kappa shape index (κ2) is 5.85. The van der Waals surface area contributed by atoms with Crippen LogP contribution >= 0.6 is 47.2 Å². The third kappa shape index (κ3) is 2.87. The monoisotopic (exact) mass is 354 g/mol. The smallest absolute Gasteiger partial charge is 0.270 e. The molecular weight excluding hydrogens is 347 g/mol. The number of nitrogens with zero attached hydrogens (tertiary/aromatic N) is 1. The van der Waals surface area contributed by atoms with E-state index in [-0.39, 0.29) is 5.91 Å². The van der Waals surface area contributed by atoms with Gasteiger partial charge in [0, 0.05) is 11.9 Å². The summed E-state index contributed by atoms with van der Waals surface area (Å²) >= 11 is 18.4. The molecule has 2 aromatic rings. The van der Waals surface area contributed by atoms with E-state index >= 15 is 0 Å². The molecule has 1 aliphatic rings. The zero-order valence-corrected chi connectivity index (χ0v) is 13.6. The van der Waals surface area contributed by atoms with Crippen molar-refractivity contribution in [3.8, 4) is 0 Å². The number of amides is 1. The van der Waals surface area contributed by atoms with E-state index in [0.29, 0.717) is 25.0 Å². The van der Waals surface area contributed by atoms with Gasteiger partial charge < -0.3 is 4.98 Å². The number of hydrogen-bond donors (Lipinski definition) is 1. The summed E-state index contributed by atoms with van der Waals surface area (Å²) < 4.78 is 0.469. The average molecular weight is 355 g/mol. The van der Waals surface area contributed by atoms with E-state index in [0.717, 1.165) is 5.69 Å². The molecule has 21 heavy (non-hydrogen) atoms. The minimum absolute atomic E-state index is 0.169. The highest BCUT2D eigenvalue weighted by Crippen LogP contribution is 2.37. The van der Waals surface area contributed by atoms with Crippen LogP contribution in [-0.4, -0.2) is 15.2 Å². The number of halogens is 2. The van der Waals surface area contributed by atoms with E-state index in [9.17, 15) is 4.79 Å². The minimum atomic E-state index is -0.169. The predicted molar refractivity (Wildman–Crippen MR) is 92.9 cm³/mol. The molecule has 2 heterocycles. The Morgan fingerprint density at radius 3 is 2.71 bits per heavy atom. The molecular formula is C14H8Cl2N2OS2. The fourth-order valence-electron chi connectivity index (χ4n) is 1.89. The highest BCUT2D eigenvalue weighted by atomic mass is 35.5. The SMILES string of the molecule is O=C1/C(=C/c2ccc[nH]2)SC(=S)N1c1ccc(Cl)c(Cl)c1. The maximum absolute atomic E-state index is 12.5. The quantitative estimate of drug-likeness (QED) is 0.625. The number of H-pyrrole nitrogens is 1. The Balaban J connectivity index is 1.95. The number of carbonyl (C=O) groups excluding carboxylic acids is 1. The molecule has 106 valence electrons. The largest absolute Gasteiger partial charge is 0.362 e. The number of benzene rings is 1. The zero-order valence-electron chi connectivity index (χ0n) is 10.5. The van der Waals surface area contributed by atoms with Gasteiger partial charge in [0.15, 0.2) is 4.32 Å². The van der Waals surface area contributed by atoms with Crippen LogP contribution in [0, 0.1) is 0 Å². The maximum atomic E-state index is 12.5. The van der Waals surface area contributed by atoms with Gasteiger partial charge in [0.2, 0.25) is 0 Å². The van der Waals surface area contributed by atoms with Crippen LogP contribution in [-0.2, 0) is 4.79 Å². The molecule has 7 heteroatoms. The summed E-state index contributed by atoms with van der Waals surface area (Å²) in [6.07, 6.45) is 3.57. The van der Waals surface area contributed by atoms with Crippen LogP contribution in [0.3, 0.4) is 0 Å². The van der Waals surface area contributed by atoms with Gasteiger partial charge in [0.05, 0.1) is 20.6 Å². The molecule has 0 radical (unpaired) electrons. The number of anilines is 1. The molecule has 0 aliphatic carbocycles.